The van der Waals surface area contributed by atoms with Gasteiger partial charge < -0.3 is 8.83 Å². The molecule has 0 aliphatic rings. The lowest BCUT2D eigenvalue weighted by Crippen LogP contribution is -2.01. The molecule has 0 fully saturated rings. The van der Waals surface area contributed by atoms with Crippen molar-refractivity contribution in [2.45, 2.75) is 37.5 Å². The zero-order valence-corrected chi connectivity index (χ0v) is 28.9. The molecule has 5 aromatic carbocycles. The Balaban J connectivity index is 0.000000812. The minimum absolute atomic E-state index is 0.799. The van der Waals surface area contributed by atoms with Crippen LogP contribution in [0.3, 0.4) is 0 Å². The average molecular weight is 663 g/mol. The van der Waals surface area contributed by atoms with Crippen LogP contribution in [-0.4, -0.2) is 9.13 Å². The van der Waals surface area contributed by atoms with Gasteiger partial charge >= 0.3 is 0 Å². The molecule has 10 rings (SSSR count). The molecule has 0 atom stereocenters. The molecule has 0 bridgehead atoms. The maximum absolute atomic E-state index is 6.28. The number of thiophene rings is 1. The van der Waals surface area contributed by atoms with Gasteiger partial charge in [-0.25, -0.2) is 0 Å². The van der Waals surface area contributed by atoms with E-state index in [0.29, 0.717) is 0 Å². The van der Waals surface area contributed by atoms with Gasteiger partial charge in [-0.05, 0) is 71.4 Å². The highest BCUT2D eigenvalue weighted by atomic mass is 32.2. The van der Waals surface area contributed by atoms with Gasteiger partial charge in [0, 0.05) is 53.2 Å². The van der Waals surface area contributed by atoms with Crippen LogP contribution in [0.1, 0.15) is 27.7 Å². The van der Waals surface area contributed by atoms with Crippen LogP contribution in [0.2, 0.25) is 0 Å². The third-order valence-corrected chi connectivity index (χ3v) is 10.5. The Hall–Kier alpha value is -5.17. The van der Waals surface area contributed by atoms with Gasteiger partial charge in [0.15, 0.2) is 0 Å². The number of aromatic nitrogens is 2. The van der Waals surface area contributed by atoms with Gasteiger partial charge in [-0.15, -0.1) is 11.3 Å². The molecule has 48 heavy (non-hydrogen) atoms. The maximum atomic E-state index is 6.28. The minimum atomic E-state index is 0.799. The molecule has 10 aromatic rings. The van der Waals surface area contributed by atoms with Gasteiger partial charge in [-0.3, -0.25) is 9.13 Å². The fourth-order valence-electron chi connectivity index (χ4n) is 6.70. The van der Waals surface area contributed by atoms with Crippen molar-refractivity contribution in [3.8, 4) is 11.4 Å². The molecule has 0 radical (unpaired) electrons. The number of hydrogen-bond donors (Lipinski definition) is 0. The first-order valence-corrected chi connectivity index (χ1v) is 18.2. The summed E-state index contributed by atoms with van der Waals surface area (Å²) in [4.78, 5) is 2.39. The lowest BCUT2D eigenvalue weighted by atomic mass is 10.1. The normalized spacial score (nSPS) is 11.4. The van der Waals surface area contributed by atoms with Crippen LogP contribution >= 0.6 is 23.1 Å². The van der Waals surface area contributed by atoms with Crippen molar-refractivity contribution in [2.24, 2.45) is 0 Å². The SMILES string of the molecule is CC.CC.c1ccc(Sc2cccc3c4c5ccccc5n(-c5ccc6sccc6c5)c4n(-c4coc5cc6occc6cc45)c23)cc1. The van der Waals surface area contributed by atoms with Crippen molar-refractivity contribution in [1.29, 1.82) is 0 Å². The lowest BCUT2D eigenvalue weighted by molar-refractivity contribution is 0.603. The van der Waals surface area contributed by atoms with Crippen molar-refractivity contribution < 1.29 is 8.83 Å². The van der Waals surface area contributed by atoms with Gasteiger partial charge in [-0.1, -0.05) is 88.0 Å². The minimum Gasteiger partial charge on any atom is -0.464 e. The Bertz CT molecular complexity index is 2700. The zero-order chi connectivity index (χ0) is 32.8. The summed E-state index contributed by atoms with van der Waals surface area (Å²) in [5.74, 6) is 0. The quantitative estimate of drug-likeness (QED) is 0.188. The Labute approximate surface area is 286 Å². The van der Waals surface area contributed by atoms with Crippen LogP contribution in [0, 0.1) is 0 Å². The number of benzene rings is 5. The van der Waals surface area contributed by atoms with Crippen molar-refractivity contribution in [3.63, 3.8) is 0 Å². The van der Waals surface area contributed by atoms with Crippen molar-refractivity contribution in [1.82, 2.24) is 9.13 Å². The van der Waals surface area contributed by atoms with Gasteiger partial charge in [0.1, 0.15) is 23.1 Å². The highest BCUT2D eigenvalue weighted by Gasteiger charge is 2.26. The predicted octanol–water partition coefficient (Wildman–Crippen LogP) is 13.6. The molecule has 0 N–H and O–H groups in total. The van der Waals surface area contributed by atoms with E-state index in [2.05, 4.69) is 118 Å². The molecule has 0 saturated carbocycles. The average Bonchev–Trinajstić information content (AvgIpc) is 3.98. The van der Waals surface area contributed by atoms with Crippen molar-refractivity contribution >= 4 is 88.0 Å². The zero-order valence-electron chi connectivity index (χ0n) is 27.2. The third kappa shape index (κ3) is 4.67. The van der Waals surface area contributed by atoms with E-state index in [1.165, 1.54) is 41.6 Å². The summed E-state index contributed by atoms with van der Waals surface area (Å²) in [6.45, 7) is 8.00. The molecule has 6 heteroatoms. The number of rotatable bonds is 4. The molecule has 0 aliphatic carbocycles. The van der Waals surface area contributed by atoms with Crippen LogP contribution in [0.25, 0.3) is 76.2 Å². The molecule has 0 saturated heterocycles. The first-order chi connectivity index (χ1) is 23.8. The highest BCUT2D eigenvalue weighted by Crippen LogP contribution is 2.46. The molecule has 0 unspecified atom stereocenters. The first-order valence-electron chi connectivity index (χ1n) is 16.5. The third-order valence-electron chi connectivity index (χ3n) is 8.59. The highest BCUT2D eigenvalue weighted by molar-refractivity contribution is 7.99. The summed E-state index contributed by atoms with van der Waals surface area (Å²) in [6, 6.07) is 41.2. The number of nitrogens with zero attached hydrogens (tertiary/aromatic N) is 2. The van der Waals surface area contributed by atoms with Crippen LogP contribution in [-0.2, 0) is 0 Å². The first kappa shape index (κ1) is 30.2. The van der Waals surface area contributed by atoms with Gasteiger partial charge in [0.25, 0.3) is 0 Å². The van der Waals surface area contributed by atoms with E-state index in [0.717, 1.165) is 44.5 Å². The van der Waals surface area contributed by atoms with Crippen LogP contribution < -0.4 is 0 Å². The summed E-state index contributed by atoms with van der Waals surface area (Å²) in [5, 5.41) is 9.18. The lowest BCUT2D eigenvalue weighted by Gasteiger charge is -2.14. The number of para-hydroxylation sites is 2. The molecule has 5 aromatic heterocycles. The van der Waals surface area contributed by atoms with E-state index >= 15 is 0 Å². The predicted molar refractivity (Wildman–Crippen MR) is 206 cm³/mol. The fraction of sp³-hybridized carbons (Fsp3) is 0.0952. The summed E-state index contributed by atoms with van der Waals surface area (Å²) in [7, 11) is 0. The summed E-state index contributed by atoms with van der Waals surface area (Å²) in [6.07, 6.45) is 3.63. The van der Waals surface area contributed by atoms with Crippen LogP contribution in [0.4, 0.5) is 0 Å². The largest absolute Gasteiger partial charge is 0.464 e. The second-order valence-electron chi connectivity index (χ2n) is 11.0. The Morgan fingerprint density at radius 2 is 1.44 bits per heavy atom. The molecule has 236 valence electrons. The maximum Gasteiger partial charge on any atom is 0.139 e. The van der Waals surface area contributed by atoms with E-state index in [1.54, 1.807) is 29.4 Å². The van der Waals surface area contributed by atoms with Crippen molar-refractivity contribution in [3.05, 3.63) is 133 Å². The number of hydrogen-bond acceptors (Lipinski definition) is 4. The Kier molecular flexibility index (Phi) is 7.83. The fourth-order valence-corrected chi connectivity index (χ4v) is 8.46. The monoisotopic (exact) mass is 662 g/mol. The Morgan fingerprint density at radius 1 is 0.625 bits per heavy atom. The van der Waals surface area contributed by atoms with E-state index in [9.17, 15) is 0 Å². The van der Waals surface area contributed by atoms with E-state index in [4.69, 9.17) is 8.83 Å². The summed E-state index contributed by atoms with van der Waals surface area (Å²) < 4.78 is 18.1. The molecular formula is C42H34N2O2S2. The second kappa shape index (κ2) is 12.5. The van der Waals surface area contributed by atoms with Gasteiger partial charge in [0.2, 0.25) is 0 Å². The van der Waals surface area contributed by atoms with E-state index in [-0.39, 0.29) is 0 Å². The Morgan fingerprint density at radius 3 is 2.31 bits per heavy atom. The molecule has 0 amide bonds. The topological polar surface area (TPSA) is 36.1 Å². The molecule has 0 aliphatic heterocycles. The van der Waals surface area contributed by atoms with Crippen molar-refractivity contribution in [2.75, 3.05) is 0 Å². The number of fused-ring (bicyclic) bond motifs is 8. The van der Waals surface area contributed by atoms with Gasteiger partial charge in [-0.2, -0.15) is 0 Å². The van der Waals surface area contributed by atoms with E-state index in [1.807, 2.05) is 46.1 Å². The van der Waals surface area contributed by atoms with E-state index < -0.39 is 0 Å². The second-order valence-corrected chi connectivity index (χ2v) is 13.1. The number of furan rings is 2. The van der Waals surface area contributed by atoms with Crippen LogP contribution in [0.15, 0.2) is 152 Å². The summed E-state index contributed by atoms with van der Waals surface area (Å²) in [5.41, 5.74) is 7.21. The smallest absolute Gasteiger partial charge is 0.139 e. The summed E-state index contributed by atoms with van der Waals surface area (Å²) >= 11 is 3.57. The molecular weight excluding hydrogens is 629 g/mol. The van der Waals surface area contributed by atoms with Gasteiger partial charge in [0.05, 0.1) is 23.0 Å². The molecule has 4 nitrogen and oxygen atoms in total. The molecule has 0 spiro atoms. The molecule has 5 heterocycles. The standard InChI is InChI=1S/C38H22N2O2S2.2C2H6/c1-2-7-26(8-3-1)44-35-12-6-10-28-36-27-9-4-5-11-30(27)39(25-13-14-34-24(19-25)16-18-43-34)38(36)40(37(28)35)31-22-42-33-21-32-23(15-17-41-32)20-29(31)33;2*1-2/h1-22H;2*1-2H3. The van der Waals surface area contributed by atoms with Crippen LogP contribution in [0.5, 0.6) is 0 Å².